The molecule has 1 unspecified atom stereocenters. The van der Waals surface area contributed by atoms with Gasteiger partial charge in [0.1, 0.15) is 10.8 Å². The fourth-order valence-electron chi connectivity index (χ4n) is 2.01. The van der Waals surface area contributed by atoms with Crippen molar-refractivity contribution in [3.8, 4) is 5.75 Å². The number of aromatic nitrogens is 2. The highest BCUT2D eigenvalue weighted by molar-refractivity contribution is 7.15. The molecule has 2 heterocycles. The molecule has 1 aromatic heterocycles. The minimum Gasteiger partial charge on any atom is -0.478 e. The van der Waals surface area contributed by atoms with E-state index in [9.17, 15) is 9.59 Å². The molecule has 0 radical (unpaired) electrons. The van der Waals surface area contributed by atoms with Gasteiger partial charge >= 0.3 is 0 Å². The van der Waals surface area contributed by atoms with Crippen molar-refractivity contribution in [2.45, 2.75) is 25.9 Å². The van der Waals surface area contributed by atoms with Gasteiger partial charge in [0.25, 0.3) is 5.91 Å². The van der Waals surface area contributed by atoms with Crippen molar-refractivity contribution in [2.75, 3.05) is 10.6 Å². The summed E-state index contributed by atoms with van der Waals surface area (Å²) in [6, 6.07) is 7.10. The molecule has 0 spiro atoms. The van der Waals surface area contributed by atoms with Crippen molar-refractivity contribution in [2.24, 2.45) is 0 Å². The summed E-state index contributed by atoms with van der Waals surface area (Å²) in [7, 11) is 0. The lowest BCUT2D eigenvalue weighted by atomic mass is 10.1. The molecule has 1 aliphatic rings. The molecule has 3 rings (SSSR count). The number of rotatable bonds is 4. The summed E-state index contributed by atoms with van der Waals surface area (Å²) in [5.41, 5.74) is 0.612. The number of nitrogens with zero attached hydrogens (tertiary/aromatic N) is 2. The molecule has 114 valence electrons. The third-order valence-corrected chi connectivity index (χ3v) is 4.08. The molecule has 0 saturated carbocycles. The average Bonchev–Trinajstić information content (AvgIpc) is 2.95. The van der Waals surface area contributed by atoms with E-state index in [2.05, 4.69) is 20.8 Å². The predicted octanol–water partition coefficient (Wildman–Crippen LogP) is 1.83. The van der Waals surface area contributed by atoms with Gasteiger partial charge in [-0.25, -0.2) is 0 Å². The Bertz CT molecular complexity index is 716. The van der Waals surface area contributed by atoms with E-state index in [4.69, 9.17) is 4.74 Å². The number of hydrogen-bond acceptors (Lipinski definition) is 6. The first-order valence-corrected chi connectivity index (χ1v) is 7.66. The van der Waals surface area contributed by atoms with Crippen molar-refractivity contribution >= 4 is 34.0 Å². The van der Waals surface area contributed by atoms with Crippen LogP contribution >= 0.6 is 11.3 Å². The maximum absolute atomic E-state index is 12.0. The molecular formula is C14H14N4O3S. The van der Waals surface area contributed by atoms with E-state index in [1.165, 1.54) is 11.3 Å². The first-order valence-electron chi connectivity index (χ1n) is 6.84. The molecular weight excluding hydrogens is 304 g/mol. The largest absolute Gasteiger partial charge is 0.478 e. The van der Waals surface area contributed by atoms with E-state index in [0.29, 0.717) is 16.6 Å². The molecule has 2 aromatic rings. The average molecular weight is 318 g/mol. The maximum Gasteiger partial charge on any atom is 0.266 e. The lowest BCUT2D eigenvalue weighted by molar-refractivity contribution is -0.128. The standard InChI is InChI=1S/C14H14N4O3S/c1-2-12-17-18-14(22-12)16-11(19)7-10-13(20)15-8-5-3-4-6-9(8)21-10/h3-6,10H,2,7H2,1H3,(H,15,20)(H,16,18,19). The Hall–Kier alpha value is -2.48. The van der Waals surface area contributed by atoms with Crippen LogP contribution in [0, 0.1) is 0 Å². The highest BCUT2D eigenvalue weighted by atomic mass is 32.1. The van der Waals surface area contributed by atoms with Crippen molar-refractivity contribution in [3.63, 3.8) is 0 Å². The number of anilines is 2. The molecule has 1 aliphatic heterocycles. The summed E-state index contributed by atoms with van der Waals surface area (Å²) >= 11 is 1.32. The summed E-state index contributed by atoms with van der Waals surface area (Å²) in [4.78, 5) is 24.0. The number of amides is 2. The van der Waals surface area contributed by atoms with Gasteiger partial charge in [-0.15, -0.1) is 10.2 Å². The SMILES string of the molecule is CCc1nnc(NC(=O)CC2Oc3ccccc3NC2=O)s1. The van der Waals surface area contributed by atoms with Crippen LogP contribution in [0.2, 0.25) is 0 Å². The van der Waals surface area contributed by atoms with Crippen LogP contribution < -0.4 is 15.4 Å². The minimum atomic E-state index is -0.853. The van der Waals surface area contributed by atoms with Gasteiger partial charge in [-0.3, -0.25) is 9.59 Å². The van der Waals surface area contributed by atoms with Gasteiger partial charge in [0.15, 0.2) is 6.10 Å². The Kier molecular flexibility index (Phi) is 4.01. The Labute approximate surface area is 130 Å². The third-order valence-electron chi connectivity index (χ3n) is 3.09. The zero-order chi connectivity index (χ0) is 15.5. The van der Waals surface area contributed by atoms with Gasteiger partial charge in [-0.2, -0.15) is 0 Å². The van der Waals surface area contributed by atoms with E-state index in [1.54, 1.807) is 24.3 Å². The van der Waals surface area contributed by atoms with Gasteiger partial charge in [0.05, 0.1) is 12.1 Å². The fourth-order valence-corrected chi connectivity index (χ4v) is 2.71. The van der Waals surface area contributed by atoms with Gasteiger partial charge in [-0.05, 0) is 18.6 Å². The zero-order valence-electron chi connectivity index (χ0n) is 11.8. The number of carbonyl (C=O) groups excluding carboxylic acids is 2. The van der Waals surface area contributed by atoms with Crippen LogP contribution in [0.3, 0.4) is 0 Å². The second-order valence-corrected chi connectivity index (χ2v) is 5.76. The molecule has 7 nitrogen and oxygen atoms in total. The molecule has 1 atom stereocenters. The van der Waals surface area contributed by atoms with Crippen LogP contribution in [-0.4, -0.2) is 28.1 Å². The van der Waals surface area contributed by atoms with Gasteiger partial charge < -0.3 is 15.4 Å². The highest BCUT2D eigenvalue weighted by Gasteiger charge is 2.29. The number of hydrogen-bond donors (Lipinski definition) is 2. The summed E-state index contributed by atoms with van der Waals surface area (Å²) in [5, 5.41) is 14.4. The number of para-hydroxylation sites is 2. The van der Waals surface area contributed by atoms with Crippen LogP contribution in [0.25, 0.3) is 0 Å². The van der Waals surface area contributed by atoms with Crippen LogP contribution in [0.5, 0.6) is 5.75 Å². The predicted molar refractivity (Wildman–Crippen MR) is 82.0 cm³/mol. The van der Waals surface area contributed by atoms with Crippen LogP contribution in [-0.2, 0) is 16.0 Å². The van der Waals surface area contributed by atoms with Crippen LogP contribution in [0.15, 0.2) is 24.3 Å². The van der Waals surface area contributed by atoms with E-state index in [-0.39, 0.29) is 18.2 Å². The second-order valence-electron chi connectivity index (χ2n) is 4.70. The number of carbonyl (C=O) groups is 2. The number of benzene rings is 1. The summed E-state index contributed by atoms with van der Waals surface area (Å²) in [5.74, 6) is -0.109. The van der Waals surface area contributed by atoms with E-state index < -0.39 is 6.10 Å². The molecule has 0 bridgehead atoms. The van der Waals surface area contributed by atoms with Gasteiger partial charge in [-0.1, -0.05) is 30.4 Å². The smallest absolute Gasteiger partial charge is 0.266 e. The first-order chi connectivity index (χ1) is 10.7. The highest BCUT2D eigenvalue weighted by Crippen LogP contribution is 2.29. The number of ether oxygens (including phenoxy) is 1. The molecule has 22 heavy (non-hydrogen) atoms. The van der Waals surface area contributed by atoms with Crippen LogP contribution in [0.1, 0.15) is 18.4 Å². The lowest BCUT2D eigenvalue weighted by Gasteiger charge is -2.25. The summed E-state index contributed by atoms with van der Waals surface area (Å²) < 4.78 is 5.57. The van der Waals surface area contributed by atoms with Gasteiger partial charge in [0.2, 0.25) is 11.0 Å². The molecule has 8 heteroatoms. The minimum absolute atomic E-state index is 0.0821. The van der Waals surface area contributed by atoms with Crippen molar-refractivity contribution in [1.82, 2.24) is 10.2 Å². The summed E-state index contributed by atoms with van der Waals surface area (Å²) in [6.45, 7) is 1.96. The summed E-state index contributed by atoms with van der Waals surface area (Å²) in [6.07, 6.45) is -0.173. The Balaban J connectivity index is 1.63. The number of fused-ring (bicyclic) bond motifs is 1. The fraction of sp³-hybridized carbons (Fsp3) is 0.286. The molecule has 0 saturated heterocycles. The molecule has 2 N–H and O–H groups in total. The molecule has 0 aliphatic carbocycles. The van der Waals surface area contributed by atoms with Crippen molar-refractivity contribution in [1.29, 1.82) is 0 Å². The molecule has 2 amide bonds. The monoisotopic (exact) mass is 318 g/mol. The van der Waals surface area contributed by atoms with Gasteiger partial charge in [0, 0.05) is 0 Å². The van der Waals surface area contributed by atoms with E-state index in [0.717, 1.165) is 11.4 Å². The number of aryl methyl sites for hydroxylation is 1. The topological polar surface area (TPSA) is 93.2 Å². The molecule has 0 fully saturated rings. The van der Waals surface area contributed by atoms with Crippen molar-refractivity contribution < 1.29 is 14.3 Å². The Morgan fingerprint density at radius 3 is 3.00 bits per heavy atom. The lowest BCUT2D eigenvalue weighted by Crippen LogP contribution is -2.39. The van der Waals surface area contributed by atoms with E-state index in [1.807, 2.05) is 6.92 Å². The normalized spacial score (nSPS) is 16.4. The Morgan fingerprint density at radius 2 is 2.23 bits per heavy atom. The third kappa shape index (κ3) is 3.06. The van der Waals surface area contributed by atoms with Crippen LogP contribution in [0.4, 0.5) is 10.8 Å². The van der Waals surface area contributed by atoms with E-state index >= 15 is 0 Å². The first kappa shape index (κ1) is 14.5. The Morgan fingerprint density at radius 1 is 1.41 bits per heavy atom. The number of nitrogens with one attached hydrogen (secondary N) is 2. The molecule has 1 aromatic carbocycles. The zero-order valence-corrected chi connectivity index (χ0v) is 12.6. The van der Waals surface area contributed by atoms with Crippen molar-refractivity contribution in [3.05, 3.63) is 29.3 Å². The quantitative estimate of drug-likeness (QED) is 0.897. The second kappa shape index (κ2) is 6.10. The maximum atomic E-state index is 12.0.